The SMILES string of the molecule is CCOc1cccc(-c2nc(COC)cs2)c1. The Morgan fingerprint density at radius 2 is 2.24 bits per heavy atom. The van der Waals surface area contributed by atoms with Gasteiger partial charge in [0, 0.05) is 18.1 Å². The lowest BCUT2D eigenvalue weighted by molar-refractivity contribution is 0.182. The summed E-state index contributed by atoms with van der Waals surface area (Å²) in [6.45, 7) is 3.21. The van der Waals surface area contributed by atoms with Crippen molar-refractivity contribution in [3.8, 4) is 16.3 Å². The van der Waals surface area contributed by atoms with Crippen LogP contribution in [0, 0.1) is 0 Å². The quantitative estimate of drug-likeness (QED) is 0.814. The molecule has 0 N–H and O–H groups in total. The van der Waals surface area contributed by atoms with E-state index in [1.807, 2.05) is 36.6 Å². The molecule has 17 heavy (non-hydrogen) atoms. The van der Waals surface area contributed by atoms with Gasteiger partial charge in [-0.25, -0.2) is 4.98 Å². The van der Waals surface area contributed by atoms with Crippen LogP contribution in [0.2, 0.25) is 0 Å². The molecular weight excluding hydrogens is 234 g/mol. The minimum atomic E-state index is 0.557. The summed E-state index contributed by atoms with van der Waals surface area (Å²) < 4.78 is 10.5. The molecule has 0 aliphatic heterocycles. The van der Waals surface area contributed by atoms with E-state index in [-0.39, 0.29) is 0 Å². The van der Waals surface area contributed by atoms with Crippen LogP contribution in [0.4, 0.5) is 0 Å². The first-order chi connectivity index (χ1) is 8.33. The average molecular weight is 249 g/mol. The maximum absolute atomic E-state index is 5.47. The van der Waals surface area contributed by atoms with E-state index in [1.54, 1.807) is 18.4 Å². The zero-order chi connectivity index (χ0) is 12.1. The van der Waals surface area contributed by atoms with E-state index in [2.05, 4.69) is 4.98 Å². The zero-order valence-electron chi connectivity index (χ0n) is 9.97. The minimum Gasteiger partial charge on any atom is -0.494 e. The molecule has 0 bridgehead atoms. The second-order valence-electron chi connectivity index (χ2n) is 3.54. The van der Waals surface area contributed by atoms with Crippen LogP contribution in [0.25, 0.3) is 10.6 Å². The molecule has 1 aromatic heterocycles. The van der Waals surface area contributed by atoms with E-state index >= 15 is 0 Å². The molecular formula is C13H15NO2S. The van der Waals surface area contributed by atoms with Crippen LogP contribution in [-0.4, -0.2) is 18.7 Å². The minimum absolute atomic E-state index is 0.557. The molecule has 0 atom stereocenters. The van der Waals surface area contributed by atoms with Gasteiger partial charge in [-0.15, -0.1) is 11.3 Å². The van der Waals surface area contributed by atoms with E-state index in [0.717, 1.165) is 22.0 Å². The van der Waals surface area contributed by atoms with Gasteiger partial charge < -0.3 is 9.47 Å². The lowest BCUT2D eigenvalue weighted by atomic mass is 10.2. The number of benzene rings is 1. The van der Waals surface area contributed by atoms with Gasteiger partial charge in [-0.1, -0.05) is 12.1 Å². The van der Waals surface area contributed by atoms with E-state index < -0.39 is 0 Å². The standard InChI is InChI=1S/C13H15NO2S/c1-3-16-12-6-4-5-10(7-12)13-14-11(8-15-2)9-17-13/h4-7,9H,3,8H2,1-2H3. The molecule has 2 rings (SSSR count). The predicted octanol–water partition coefficient (Wildman–Crippen LogP) is 3.36. The Morgan fingerprint density at radius 1 is 1.35 bits per heavy atom. The Morgan fingerprint density at radius 3 is 3.00 bits per heavy atom. The van der Waals surface area contributed by atoms with E-state index in [9.17, 15) is 0 Å². The highest BCUT2D eigenvalue weighted by Gasteiger charge is 2.05. The van der Waals surface area contributed by atoms with Crippen LogP contribution in [0.1, 0.15) is 12.6 Å². The molecule has 0 fully saturated rings. The molecule has 0 amide bonds. The number of rotatable bonds is 5. The number of hydrogen-bond acceptors (Lipinski definition) is 4. The van der Waals surface area contributed by atoms with Crippen molar-refractivity contribution in [2.75, 3.05) is 13.7 Å². The van der Waals surface area contributed by atoms with Crippen molar-refractivity contribution in [3.05, 3.63) is 35.3 Å². The molecule has 2 aromatic rings. The van der Waals surface area contributed by atoms with E-state index in [0.29, 0.717) is 13.2 Å². The fourth-order valence-corrected chi connectivity index (χ4v) is 2.34. The van der Waals surface area contributed by atoms with Crippen LogP contribution in [0.3, 0.4) is 0 Å². The summed E-state index contributed by atoms with van der Waals surface area (Å²) in [5.41, 5.74) is 2.05. The maximum atomic E-state index is 5.47. The van der Waals surface area contributed by atoms with Gasteiger partial charge in [-0.3, -0.25) is 0 Å². The molecule has 0 spiro atoms. The molecule has 0 saturated carbocycles. The molecule has 0 aliphatic carbocycles. The first-order valence-corrected chi connectivity index (χ1v) is 6.38. The summed E-state index contributed by atoms with van der Waals surface area (Å²) in [6, 6.07) is 7.99. The van der Waals surface area contributed by atoms with Crippen molar-refractivity contribution in [1.29, 1.82) is 0 Å². The van der Waals surface area contributed by atoms with Gasteiger partial charge in [-0.05, 0) is 19.1 Å². The van der Waals surface area contributed by atoms with Crippen LogP contribution in [0.15, 0.2) is 29.6 Å². The molecule has 90 valence electrons. The van der Waals surface area contributed by atoms with Crippen molar-refractivity contribution >= 4 is 11.3 Å². The summed E-state index contributed by atoms with van der Waals surface area (Å²) in [5, 5.41) is 3.02. The Labute approximate surface area is 105 Å². The van der Waals surface area contributed by atoms with Gasteiger partial charge >= 0.3 is 0 Å². The Kier molecular flexibility index (Phi) is 4.12. The highest BCUT2D eigenvalue weighted by Crippen LogP contribution is 2.27. The lowest BCUT2D eigenvalue weighted by Crippen LogP contribution is -1.91. The molecule has 3 nitrogen and oxygen atoms in total. The number of nitrogens with zero attached hydrogens (tertiary/aromatic N) is 1. The van der Waals surface area contributed by atoms with E-state index in [1.165, 1.54) is 0 Å². The fourth-order valence-electron chi connectivity index (χ4n) is 1.54. The Bertz CT molecular complexity index is 482. The summed E-state index contributed by atoms with van der Waals surface area (Å²) in [6.07, 6.45) is 0. The molecule has 0 unspecified atom stereocenters. The smallest absolute Gasteiger partial charge is 0.123 e. The lowest BCUT2D eigenvalue weighted by Gasteiger charge is -2.03. The van der Waals surface area contributed by atoms with Gasteiger partial charge in [-0.2, -0.15) is 0 Å². The van der Waals surface area contributed by atoms with Crippen LogP contribution in [0.5, 0.6) is 5.75 Å². The van der Waals surface area contributed by atoms with Crippen molar-refractivity contribution in [1.82, 2.24) is 4.98 Å². The summed E-state index contributed by atoms with van der Waals surface area (Å²) >= 11 is 1.62. The van der Waals surface area contributed by atoms with Crippen molar-refractivity contribution in [3.63, 3.8) is 0 Å². The fraction of sp³-hybridized carbons (Fsp3) is 0.308. The van der Waals surface area contributed by atoms with Gasteiger partial charge in [0.2, 0.25) is 0 Å². The van der Waals surface area contributed by atoms with Crippen molar-refractivity contribution in [2.24, 2.45) is 0 Å². The predicted molar refractivity (Wildman–Crippen MR) is 69.4 cm³/mol. The monoisotopic (exact) mass is 249 g/mol. The number of thiazole rings is 1. The third kappa shape index (κ3) is 3.05. The summed E-state index contributed by atoms with van der Waals surface area (Å²) in [4.78, 5) is 4.51. The second kappa shape index (κ2) is 5.80. The Balaban J connectivity index is 2.22. The highest BCUT2D eigenvalue weighted by molar-refractivity contribution is 7.13. The molecule has 1 aromatic carbocycles. The highest BCUT2D eigenvalue weighted by atomic mass is 32.1. The second-order valence-corrected chi connectivity index (χ2v) is 4.40. The number of aromatic nitrogens is 1. The van der Waals surface area contributed by atoms with Crippen molar-refractivity contribution in [2.45, 2.75) is 13.5 Å². The largest absolute Gasteiger partial charge is 0.494 e. The first kappa shape index (κ1) is 12.1. The van der Waals surface area contributed by atoms with Crippen LogP contribution in [-0.2, 0) is 11.3 Å². The third-order valence-electron chi connectivity index (χ3n) is 2.24. The number of ether oxygens (including phenoxy) is 2. The molecule has 1 heterocycles. The van der Waals surface area contributed by atoms with Crippen LogP contribution >= 0.6 is 11.3 Å². The number of methoxy groups -OCH3 is 1. The topological polar surface area (TPSA) is 31.4 Å². The normalized spacial score (nSPS) is 10.5. The molecule has 0 aliphatic rings. The zero-order valence-corrected chi connectivity index (χ0v) is 10.8. The van der Waals surface area contributed by atoms with Crippen molar-refractivity contribution < 1.29 is 9.47 Å². The first-order valence-electron chi connectivity index (χ1n) is 5.50. The van der Waals surface area contributed by atoms with Gasteiger partial charge in [0.15, 0.2) is 0 Å². The number of hydrogen-bond donors (Lipinski definition) is 0. The Hall–Kier alpha value is -1.39. The average Bonchev–Trinajstić information content (AvgIpc) is 2.79. The van der Waals surface area contributed by atoms with Gasteiger partial charge in [0.1, 0.15) is 10.8 Å². The molecule has 4 heteroatoms. The van der Waals surface area contributed by atoms with Gasteiger partial charge in [0.05, 0.1) is 18.9 Å². The molecule has 0 radical (unpaired) electrons. The van der Waals surface area contributed by atoms with E-state index in [4.69, 9.17) is 9.47 Å². The third-order valence-corrected chi connectivity index (χ3v) is 3.18. The summed E-state index contributed by atoms with van der Waals surface area (Å²) in [7, 11) is 1.68. The van der Waals surface area contributed by atoms with Gasteiger partial charge in [0.25, 0.3) is 0 Å². The molecule has 0 saturated heterocycles. The summed E-state index contributed by atoms with van der Waals surface area (Å²) in [5.74, 6) is 0.883. The van der Waals surface area contributed by atoms with Crippen LogP contribution < -0.4 is 4.74 Å². The maximum Gasteiger partial charge on any atom is 0.123 e.